The van der Waals surface area contributed by atoms with E-state index in [4.69, 9.17) is 5.73 Å². The van der Waals surface area contributed by atoms with Crippen LogP contribution < -0.4 is 5.73 Å². The lowest BCUT2D eigenvalue weighted by atomic mass is 10.1. The van der Waals surface area contributed by atoms with Crippen LogP contribution in [-0.2, 0) is 0 Å². The molecule has 1 fully saturated rings. The van der Waals surface area contributed by atoms with Crippen molar-refractivity contribution in [2.24, 2.45) is 0 Å². The van der Waals surface area contributed by atoms with Crippen LogP contribution in [0.5, 0.6) is 0 Å². The molecular formula is C14H19NSi. The smallest absolute Gasteiger partial charge is 0.129 e. The summed E-state index contributed by atoms with van der Waals surface area (Å²) in [6, 6.07) is 6.33. The predicted molar refractivity (Wildman–Crippen MR) is 73.1 cm³/mol. The van der Waals surface area contributed by atoms with Gasteiger partial charge in [0, 0.05) is 11.3 Å². The molecule has 2 N–H and O–H groups in total. The van der Waals surface area contributed by atoms with Crippen LogP contribution in [0.25, 0.3) is 0 Å². The number of hydrogen-bond acceptors (Lipinski definition) is 1. The summed E-state index contributed by atoms with van der Waals surface area (Å²) in [5.74, 6) is 4.03. The van der Waals surface area contributed by atoms with Crippen LogP contribution >= 0.6 is 0 Å². The van der Waals surface area contributed by atoms with Crippen molar-refractivity contribution in [1.29, 1.82) is 0 Å². The molecule has 1 aromatic carbocycles. The van der Waals surface area contributed by atoms with Crippen molar-refractivity contribution in [1.82, 2.24) is 0 Å². The highest BCUT2D eigenvalue weighted by atomic mass is 28.3. The lowest BCUT2D eigenvalue weighted by Gasteiger charge is -2.05. The van der Waals surface area contributed by atoms with Crippen molar-refractivity contribution in [2.75, 3.05) is 5.73 Å². The lowest BCUT2D eigenvalue weighted by Crippen LogP contribution is -2.16. The average molecular weight is 229 g/mol. The Kier molecular flexibility index (Phi) is 2.81. The van der Waals surface area contributed by atoms with Gasteiger partial charge in [-0.1, -0.05) is 31.6 Å². The Balaban J connectivity index is 2.30. The van der Waals surface area contributed by atoms with Crippen molar-refractivity contribution in [3.63, 3.8) is 0 Å². The molecule has 0 aliphatic heterocycles. The maximum atomic E-state index is 5.95. The van der Waals surface area contributed by atoms with Gasteiger partial charge in [-0.25, -0.2) is 0 Å². The van der Waals surface area contributed by atoms with Crippen LogP contribution in [-0.4, -0.2) is 8.07 Å². The van der Waals surface area contributed by atoms with Gasteiger partial charge in [0.05, 0.1) is 0 Å². The molecule has 0 saturated heterocycles. The van der Waals surface area contributed by atoms with Gasteiger partial charge in [0.25, 0.3) is 0 Å². The summed E-state index contributed by atoms with van der Waals surface area (Å²) < 4.78 is 0. The first-order valence-corrected chi connectivity index (χ1v) is 9.38. The molecule has 1 aliphatic rings. The summed E-state index contributed by atoms with van der Waals surface area (Å²) in [6.07, 6.45) is 2.65. The zero-order valence-corrected chi connectivity index (χ0v) is 11.3. The van der Waals surface area contributed by atoms with Crippen molar-refractivity contribution in [3.05, 3.63) is 29.3 Å². The zero-order valence-electron chi connectivity index (χ0n) is 10.3. The standard InChI is InChI=1S/C14H19NSi/c1-16(2,3)9-8-13-10-12(11-4-5-11)6-7-14(13)15/h6-7,10-11H,4-5,15H2,1-3H3. The number of nitrogens with two attached hydrogens (primary N) is 1. The van der Waals surface area contributed by atoms with E-state index in [1.54, 1.807) is 0 Å². The van der Waals surface area contributed by atoms with Gasteiger partial charge in [0.2, 0.25) is 0 Å². The minimum Gasteiger partial charge on any atom is -0.398 e. The summed E-state index contributed by atoms with van der Waals surface area (Å²) >= 11 is 0. The van der Waals surface area contributed by atoms with Crippen molar-refractivity contribution >= 4 is 13.8 Å². The van der Waals surface area contributed by atoms with E-state index < -0.39 is 8.07 Å². The van der Waals surface area contributed by atoms with Crippen LogP contribution in [0.3, 0.4) is 0 Å². The summed E-state index contributed by atoms with van der Waals surface area (Å²) in [5, 5.41) is 0. The Morgan fingerprint density at radius 2 is 1.94 bits per heavy atom. The molecule has 0 bridgehead atoms. The summed E-state index contributed by atoms with van der Waals surface area (Å²) in [7, 11) is -1.31. The number of hydrogen-bond donors (Lipinski definition) is 1. The van der Waals surface area contributed by atoms with E-state index in [2.05, 4.69) is 43.2 Å². The normalized spacial score (nSPS) is 15.4. The summed E-state index contributed by atoms with van der Waals surface area (Å²) in [5.41, 5.74) is 12.6. The Hall–Kier alpha value is -1.20. The summed E-state index contributed by atoms with van der Waals surface area (Å²) in [4.78, 5) is 0. The van der Waals surface area contributed by atoms with Crippen LogP contribution in [0, 0.1) is 11.5 Å². The second kappa shape index (κ2) is 3.99. The van der Waals surface area contributed by atoms with Crippen LogP contribution in [0.2, 0.25) is 19.6 Å². The Labute approximate surface area is 99.1 Å². The van der Waals surface area contributed by atoms with Gasteiger partial charge in [-0.3, -0.25) is 0 Å². The van der Waals surface area contributed by atoms with Gasteiger partial charge in [-0.05, 0) is 36.5 Å². The Morgan fingerprint density at radius 3 is 2.50 bits per heavy atom. The second-order valence-electron chi connectivity index (χ2n) is 5.62. The van der Waals surface area contributed by atoms with E-state index in [0.29, 0.717) is 0 Å². The highest BCUT2D eigenvalue weighted by Crippen LogP contribution is 2.40. The predicted octanol–water partition coefficient (Wildman–Crippen LogP) is 3.38. The van der Waals surface area contributed by atoms with Gasteiger partial charge in [-0.2, -0.15) is 0 Å². The molecule has 0 heterocycles. The fourth-order valence-electron chi connectivity index (χ4n) is 1.61. The van der Waals surface area contributed by atoms with Gasteiger partial charge in [0.1, 0.15) is 8.07 Å². The van der Waals surface area contributed by atoms with E-state index in [1.165, 1.54) is 18.4 Å². The third-order valence-corrected chi connectivity index (χ3v) is 3.57. The molecule has 1 saturated carbocycles. The molecule has 1 aromatic rings. The minimum absolute atomic E-state index is 0.771. The van der Waals surface area contributed by atoms with Gasteiger partial charge in [0.15, 0.2) is 0 Å². The fraction of sp³-hybridized carbons (Fsp3) is 0.429. The second-order valence-corrected chi connectivity index (χ2v) is 10.4. The third kappa shape index (κ3) is 2.90. The van der Waals surface area contributed by atoms with Crippen LogP contribution in [0.4, 0.5) is 5.69 Å². The quantitative estimate of drug-likeness (QED) is 0.446. The molecule has 2 heteroatoms. The summed E-state index contributed by atoms with van der Waals surface area (Å²) in [6.45, 7) is 6.75. The molecule has 0 unspecified atom stereocenters. The van der Waals surface area contributed by atoms with Crippen molar-refractivity contribution in [3.8, 4) is 11.5 Å². The van der Waals surface area contributed by atoms with Crippen LogP contribution in [0.1, 0.15) is 29.9 Å². The molecule has 0 radical (unpaired) electrons. The molecular weight excluding hydrogens is 210 g/mol. The Bertz CT molecular complexity index is 456. The first-order chi connectivity index (χ1) is 7.46. The van der Waals surface area contributed by atoms with Gasteiger partial charge >= 0.3 is 0 Å². The molecule has 2 rings (SSSR count). The molecule has 1 aliphatic carbocycles. The highest BCUT2D eigenvalue weighted by Gasteiger charge is 2.23. The van der Waals surface area contributed by atoms with E-state index in [9.17, 15) is 0 Å². The molecule has 0 spiro atoms. The van der Waals surface area contributed by atoms with Crippen molar-refractivity contribution < 1.29 is 0 Å². The SMILES string of the molecule is C[Si](C)(C)C#Cc1cc(C2CC2)ccc1N. The molecule has 84 valence electrons. The molecule has 0 atom stereocenters. The maximum Gasteiger partial charge on any atom is 0.129 e. The number of nitrogen functional groups attached to an aromatic ring is 1. The molecule has 0 amide bonds. The average Bonchev–Trinajstić information content (AvgIpc) is 2.98. The molecule has 16 heavy (non-hydrogen) atoms. The van der Waals surface area contributed by atoms with E-state index in [-0.39, 0.29) is 0 Å². The first kappa shape index (κ1) is 11.3. The largest absolute Gasteiger partial charge is 0.398 e. The molecule has 1 nitrogen and oxygen atoms in total. The number of benzene rings is 1. The van der Waals surface area contributed by atoms with E-state index >= 15 is 0 Å². The monoisotopic (exact) mass is 229 g/mol. The zero-order chi connectivity index (χ0) is 11.8. The van der Waals surface area contributed by atoms with Gasteiger partial charge < -0.3 is 5.73 Å². The third-order valence-electron chi connectivity index (χ3n) is 2.70. The molecule has 0 aromatic heterocycles. The lowest BCUT2D eigenvalue weighted by molar-refractivity contribution is 1.13. The number of anilines is 1. The topological polar surface area (TPSA) is 26.0 Å². The van der Waals surface area contributed by atoms with Gasteiger partial charge in [-0.15, -0.1) is 5.54 Å². The van der Waals surface area contributed by atoms with E-state index in [1.807, 2.05) is 6.07 Å². The maximum absolute atomic E-state index is 5.95. The first-order valence-electron chi connectivity index (χ1n) is 5.88. The van der Waals surface area contributed by atoms with Crippen LogP contribution in [0.15, 0.2) is 18.2 Å². The van der Waals surface area contributed by atoms with E-state index in [0.717, 1.165) is 17.2 Å². The van der Waals surface area contributed by atoms with Crippen molar-refractivity contribution in [2.45, 2.75) is 38.4 Å². The highest BCUT2D eigenvalue weighted by molar-refractivity contribution is 6.83. The Morgan fingerprint density at radius 1 is 1.25 bits per heavy atom. The fourth-order valence-corrected chi connectivity index (χ4v) is 2.12. The minimum atomic E-state index is -1.31. The number of rotatable bonds is 1.